The Labute approximate surface area is 173 Å². The van der Waals surface area contributed by atoms with Crippen LogP contribution in [0.5, 0.6) is 0 Å². The van der Waals surface area contributed by atoms with Crippen LogP contribution in [0.15, 0.2) is 54.7 Å². The fraction of sp³-hybridized carbons (Fsp3) is 0.217. The highest BCUT2D eigenvalue weighted by Crippen LogP contribution is 2.31. The van der Waals surface area contributed by atoms with E-state index in [2.05, 4.69) is 4.98 Å². The highest BCUT2D eigenvalue weighted by atomic mass is 35.5. The fourth-order valence-corrected chi connectivity index (χ4v) is 3.77. The zero-order valence-corrected chi connectivity index (χ0v) is 16.8. The van der Waals surface area contributed by atoms with Gasteiger partial charge in [-0.05, 0) is 42.7 Å². The molecule has 6 heteroatoms. The summed E-state index contributed by atoms with van der Waals surface area (Å²) in [4.78, 5) is 30.6. The van der Waals surface area contributed by atoms with Crippen molar-refractivity contribution in [1.29, 1.82) is 0 Å². The number of halogens is 1. The van der Waals surface area contributed by atoms with Gasteiger partial charge < -0.3 is 14.6 Å². The number of aromatic nitrogens is 1. The molecule has 0 fully saturated rings. The molecule has 3 aromatic rings. The molecule has 5 nitrogen and oxygen atoms in total. The molecular formula is C23H21ClN2O3. The van der Waals surface area contributed by atoms with Crippen molar-refractivity contribution < 1.29 is 14.3 Å². The van der Waals surface area contributed by atoms with Crippen molar-refractivity contribution in [1.82, 2.24) is 9.88 Å². The molecule has 2 aromatic carbocycles. The van der Waals surface area contributed by atoms with Gasteiger partial charge in [-0.25, -0.2) is 4.79 Å². The highest BCUT2D eigenvalue weighted by molar-refractivity contribution is 6.30. The van der Waals surface area contributed by atoms with Crippen molar-refractivity contribution in [2.75, 3.05) is 13.2 Å². The van der Waals surface area contributed by atoms with Crippen molar-refractivity contribution in [2.45, 2.75) is 19.8 Å². The summed E-state index contributed by atoms with van der Waals surface area (Å²) < 4.78 is 5.27. The Morgan fingerprint density at radius 3 is 2.66 bits per heavy atom. The van der Waals surface area contributed by atoms with E-state index in [0.717, 1.165) is 27.7 Å². The molecule has 0 bridgehead atoms. The number of esters is 1. The third-order valence-corrected chi connectivity index (χ3v) is 5.31. The van der Waals surface area contributed by atoms with Gasteiger partial charge in [0.1, 0.15) is 0 Å². The number of fused-ring (bicyclic) bond motifs is 3. The lowest BCUT2D eigenvalue weighted by Gasteiger charge is -2.18. The molecule has 29 heavy (non-hydrogen) atoms. The molecule has 0 atom stereocenters. The summed E-state index contributed by atoms with van der Waals surface area (Å²) in [7, 11) is 0. The van der Waals surface area contributed by atoms with E-state index in [0.29, 0.717) is 23.6 Å². The van der Waals surface area contributed by atoms with Gasteiger partial charge in [0, 0.05) is 28.7 Å². The molecule has 0 unspecified atom stereocenters. The minimum absolute atomic E-state index is 0.0800. The van der Waals surface area contributed by atoms with Crippen molar-refractivity contribution in [3.05, 3.63) is 76.6 Å². The number of benzene rings is 2. The van der Waals surface area contributed by atoms with E-state index in [1.807, 2.05) is 36.4 Å². The number of nitrogens with one attached hydrogen (secondary N) is 1. The van der Waals surface area contributed by atoms with Crippen LogP contribution in [0.2, 0.25) is 5.02 Å². The number of amides is 1. The quantitative estimate of drug-likeness (QED) is 0.653. The van der Waals surface area contributed by atoms with Crippen LogP contribution in [0.4, 0.5) is 0 Å². The minimum Gasteiger partial charge on any atom is -0.462 e. The Hall–Kier alpha value is -3.05. The van der Waals surface area contributed by atoms with Crippen LogP contribution < -0.4 is 0 Å². The molecule has 1 amide bonds. The molecule has 1 aromatic heterocycles. The highest BCUT2D eigenvalue weighted by Gasteiger charge is 2.27. The smallest absolute Gasteiger partial charge is 0.341 e. The largest absolute Gasteiger partial charge is 0.462 e. The first-order chi connectivity index (χ1) is 14.1. The molecule has 4 rings (SSSR count). The second-order valence-corrected chi connectivity index (χ2v) is 7.36. The van der Waals surface area contributed by atoms with Crippen LogP contribution in [-0.2, 0) is 27.2 Å². The van der Waals surface area contributed by atoms with Gasteiger partial charge >= 0.3 is 5.97 Å². The molecule has 0 spiro atoms. The first-order valence-corrected chi connectivity index (χ1v) is 9.97. The Morgan fingerprint density at radius 2 is 1.90 bits per heavy atom. The van der Waals surface area contributed by atoms with E-state index >= 15 is 0 Å². The number of nitrogens with zero attached hydrogens (tertiary/aromatic N) is 1. The lowest BCUT2D eigenvalue weighted by molar-refractivity contribution is -0.136. The molecule has 148 valence electrons. The van der Waals surface area contributed by atoms with E-state index in [4.69, 9.17) is 16.3 Å². The SMILES string of the molecule is CCOC(=O)C1=CN(C(=O)Cc2ccc(Cl)cc2)CCc2c1[nH]c1ccccc21. The second-order valence-electron chi connectivity index (χ2n) is 6.93. The molecule has 0 saturated heterocycles. The zero-order valence-electron chi connectivity index (χ0n) is 16.1. The molecule has 0 saturated carbocycles. The summed E-state index contributed by atoms with van der Waals surface area (Å²) in [5.41, 5.74) is 3.97. The van der Waals surface area contributed by atoms with Gasteiger partial charge in [0.25, 0.3) is 0 Å². The average molecular weight is 409 g/mol. The van der Waals surface area contributed by atoms with Gasteiger partial charge in [0.05, 0.1) is 24.3 Å². The number of para-hydroxylation sites is 1. The van der Waals surface area contributed by atoms with Gasteiger partial charge in [-0.1, -0.05) is 41.9 Å². The van der Waals surface area contributed by atoms with Crippen molar-refractivity contribution in [3.63, 3.8) is 0 Å². The molecule has 0 radical (unpaired) electrons. The van der Waals surface area contributed by atoms with E-state index in [-0.39, 0.29) is 18.9 Å². The van der Waals surface area contributed by atoms with Crippen molar-refractivity contribution in [3.8, 4) is 0 Å². The molecule has 1 N–H and O–H groups in total. The van der Waals surface area contributed by atoms with Crippen molar-refractivity contribution in [2.24, 2.45) is 0 Å². The Balaban J connectivity index is 1.69. The predicted molar refractivity (Wildman–Crippen MR) is 113 cm³/mol. The van der Waals surface area contributed by atoms with E-state index in [9.17, 15) is 9.59 Å². The maximum Gasteiger partial charge on any atom is 0.341 e. The number of rotatable bonds is 4. The normalized spacial score (nSPS) is 13.6. The Morgan fingerprint density at radius 1 is 1.14 bits per heavy atom. The van der Waals surface area contributed by atoms with Crippen LogP contribution in [0.1, 0.15) is 23.7 Å². The zero-order chi connectivity index (χ0) is 20.4. The number of hydrogen-bond donors (Lipinski definition) is 1. The number of ether oxygens (including phenoxy) is 1. The molecular weight excluding hydrogens is 388 g/mol. The first-order valence-electron chi connectivity index (χ1n) is 9.59. The first kappa shape index (κ1) is 19.3. The van der Waals surface area contributed by atoms with Gasteiger partial charge in [-0.2, -0.15) is 0 Å². The number of carbonyl (C=O) groups is 2. The lowest BCUT2D eigenvalue weighted by Crippen LogP contribution is -2.29. The van der Waals surface area contributed by atoms with Crippen LogP contribution in [-0.4, -0.2) is 34.9 Å². The summed E-state index contributed by atoms with van der Waals surface area (Å²) in [6, 6.07) is 15.1. The van der Waals surface area contributed by atoms with E-state index in [1.165, 1.54) is 0 Å². The third-order valence-electron chi connectivity index (χ3n) is 5.05. The minimum atomic E-state index is -0.438. The van der Waals surface area contributed by atoms with E-state index in [1.54, 1.807) is 30.2 Å². The molecule has 1 aliphatic heterocycles. The Kier molecular flexibility index (Phi) is 5.41. The summed E-state index contributed by atoms with van der Waals surface area (Å²) in [6.07, 6.45) is 2.50. The van der Waals surface area contributed by atoms with Crippen LogP contribution >= 0.6 is 11.6 Å². The second kappa shape index (κ2) is 8.13. The predicted octanol–water partition coefficient (Wildman–Crippen LogP) is 4.35. The summed E-state index contributed by atoms with van der Waals surface area (Å²) in [6.45, 7) is 2.53. The lowest BCUT2D eigenvalue weighted by atomic mass is 10.0. The van der Waals surface area contributed by atoms with Gasteiger partial charge in [-0.15, -0.1) is 0 Å². The van der Waals surface area contributed by atoms with Crippen LogP contribution in [0, 0.1) is 0 Å². The van der Waals surface area contributed by atoms with Crippen LogP contribution in [0.3, 0.4) is 0 Å². The third kappa shape index (κ3) is 3.91. The fourth-order valence-electron chi connectivity index (χ4n) is 3.65. The number of aromatic amines is 1. The monoisotopic (exact) mass is 408 g/mol. The maximum atomic E-state index is 13.0. The summed E-state index contributed by atoms with van der Waals surface area (Å²) >= 11 is 5.93. The van der Waals surface area contributed by atoms with Gasteiger partial charge in [0.15, 0.2) is 0 Å². The van der Waals surface area contributed by atoms with E-state index < -0.39 is 5.97 Å². The molecule has 0 aliphatic carbocycles. The van der Waals surface area contributed by atoms with Gasteiger partial charge in [0.2, 0.25) is 5.91 Å². The molecule has 2 heterocycles. The summed E-state index contributed by atoms with van der Waals surface area (Å²) in [5.74, 6) is -0.518. The van der Waals surface area contributed by atoms with Crippen molar-refractivity contribution >= 4 is 40.0 Å². The standard InChI is InChI=1S/C23H21ClN2O3/c1-2-29-23(28)19-14-26(21(27)13-15-7-9-16(24)10-8-15)12-11-18-17-5-3-4-6-20(17)25-22(18)19/h3-10,14,25H,2,11-13H2,1H3. The average Bonchev–Trinajstić information content (AvgIpc) is 2.97. The van der Waals surface area contributed by atoms with Crippen LogP contribution in [0.25, 0.3) is 16.5 Å². The topological polar surface area (TPSA) is 62.4 Å². The summed E-state index contributed by atoms with van der Waals surface area (Å²) in [5, 5.41) is 1.69. The number of H-pyrrole nitrogens is 1. The molecule has 1 aliphatic rings. The Bertz CT molecular complexity index is 1100. The maximum absolute atomic E-state index is 13.0. The number of carbonyl (C=O) groups excluding carboxylic acids is 2. The number of hydrogen-bond acceptors (Lipinski definition) is 3. The van der Waals surface area contributed by atoms with Gasteiger partial charge in [-0.3, -0.25) is 4.79 Å².